The highest BCUT2D eigenvalue weighted by atomic mass is 35.5. The van der Waals surface area contributed by atoms with E-state index in [9.17, 15) is 18.4 Å². The van der Waals surface area contributed by atoms with E-state index in [0.29, 0.717) is 19.2 Å². The van der Waals surface area contributed by atoms with Crippen molar-refractivity contribution in [2.45, 2.75) is 26.8 Å². The maximum atomic E-state index is 13.7. The van der Waals surface area contributed by atoms with E-state index in [1.54, 1.807) is 4.90 Å². The van der Waals surface area contributed by atoms with Gasteiger partial charge in [0.05, 0.1) is 11.6 Å². The quantitative estimate of drug-likeness (QED) is 0.860. The fraction of sp³-hybridized carbons (Fsp3) is 0.529. The molecule has 1 atom stereocenters. The first-order chi connectivity index (χ1) is 11.1. The van der Waals surface area contributed by atoms with E-state index in [2.05, 4.69) is 0 Å². The summed E-state index contributed by atoms with van der Waals surface area (Å²) < 4.78 is 26.7. The lowest BCUT2D eigenvalue weighted by Gasteiger charge is -2.38. The molecule has 0 aromatic heterocycles. The largest absolute Gasteiger partial charge is 0.338 e. The predicted octanol–water partition coefficient (Wildman–Crippen LogP) is 2.04. The van der Waals surface area contributed by atoms with Gasteiger partial charge in [-0.05, 0) is 17.5 Å². The van der Waals surface area contributed by atoms with E-state index in [1.165, 1.54) is 4.90 Å². The van der Waals surface area contributed by atoms with Gasteiger partial charge in [-0.25, -0.2) is 8.78 Å². The summed E-state index contributed by atoms with van der Waals surface area (Å²) in [6.07, 6.45) is 0. The zero-order valence-corrected chi connectivity index (χ0v) is 15.4. The topological polar surface area (TPSA) is 66.6 Å². The number of nitrogens with zero attached hydrogens (tertiary/aromatic N) is 2. The fourth-order valence-corrected chi connectivity index (χ4v) is 2.53. The van der Waals surface area contributed by atoms with E-state index in [-0.39, 0.29) is 42.4 Å². The molecule has 1 aliphatic rings. The number of carbonyl (C=O) groups is 2. The maximum Gasteiger partial charge on any atom is 0.256 e. The van der Waals surface area contributed by atoms with Crippen LogP contribution in [-0.4, -0.2) is 53.8 Å². The summed E-state index contributed by atoms with van der Waals surface area (Å²) in [6.45, 7) is 6.96. The van der Waals surface area contributed by atoms with Crippen LogP contribution in [0.1, 0.15) is 31.1 Å². The monoisotopic (exact) mass is 375 g/mol. The van der Waals surface area contributed by atoms with Gasteiger partial charge >= 0.3 is 0 Å². The van der Waals surface area contributed by atoms with E-state index >= 15 is 0 Å². The number of hydrogen-bond donors (Lipinski definition) is 1. The number of carbonyl (C=O) groups excluding carboxylic acids is 2. The third-order valence-electron chi connectivity index (χ3n) is 4.24. The van der Waals surface area contributed by atoms with Gasteiger partial charge in [0.2, 0.25) is 5.91 Å². The van der Waals surface area contributed by atoms with Crippen molar-refractivity contribution in [2.24, 2.45) is 11.1 Å². The normalized spacial score (nSPS) is 16.2. The van der Waals surface area contributed by atoms with E-state index in [1.807, 2.05) is 20.8 Å². The Labute approximate surface area is 152 Å². The Morgan fingerprint density at radius 1 is 1.08 bits per heavy atom. The van der Waals surface area contributed by atoms with Crippen molar-refractivity contribution in [3.05, 3.63) is 35.4 Å². The average molecular weight is 376 g/mol. The average Bonchev–Trinajstić information content (AvgIpc) is 2.52. The molecule has 8 heteroatoms. The Morgan fingerprint density at radius 2 is 1.60 bits per heavy atom. The first-order valence-electron chi connectivity index (χ1n) is 7.90. The molecule has 2 N–H and O–H groups in total. The van der Waals surface area contributed by atoms with Crippen LogP contribution in [0.5, 0.6) is 0 Å². The Kier molecular flexibility index (Phi) is 6.90. The number of benzene rings is 1. The van der Waals surface area contributed by atoms with Crippen LogP contribution in [-0.2, 0) is 4.79 Å². The van der Waals surface area contributed by atoms with Gasteiger partial charge in [-0.3, -0.25) is 9.59 Å². The van der Waals surface area contributed by atoms with Crippen LogP contribution in [0.25, 0.3) is 0 Å². The molecular formula is C17H24ClF2N3O2. The van der Waals surface area contributed by atoms with Crippen LogP contribution >= 0.6 is 12.4 Å². The second-order valence-corrected chi connectivity index (χ2v) is 7.09. The summed E-state index contributed by atoms with van der Waals surface area (Å²) in [5, 5.41) is 0. The summed E-state index contributed by atoms with van der Waals surface area (Å²) in [4.78, 5) is 27.8. The molecule has 0 aliphatic carbocycles. The minimum atomic E-state index is -0.881. The summed E-state index contributed by atoms with van der Waals surface area (Å²) in [6, 6.07) is 2.27. The standard InChI is InChI=1S/C17H23F2N3O2.ClH/c1-17(2,3)14(20)16(24)22-8-6-21(7-9-22)15(23)12-5-4-11(18)10-13(12)19;/h4-5,10,14H,6-9,20H2,1-3H3;1H/t14-;/m1./s1. The van der Waals surface area contributed by atoms with Crippen molar-refractivity contribution in [2.75, 3.05) is 26.2 Å². The molecule has 2 rings (SSSR count). The minimum Gasteiger partial charge on any atom is -0.338 e. The number of halogens is 3. The summed E-state index contributed by atoms with van der Waals surface area (Å²) in [5.41, 5.74) is 5.48. The van der Waals surface area contributed by atoms with Crippen LogP contribution in [0.4, 0.5) is 8.78 Å². The van der Waals surface area contributed by atoms with Gasteiger partial charge in [-0.2, -0.15) is 0 Å². The minimum absolute atomic E-state index is 0. The first-order valence-corrected chi connectivity index (χ1v) is 7.90. The molecule has 0 radical (unpaired) electrons. The SMILES string of the molecule is CC(C)(C)[C@H](N)C(=O)N1CCN(C(=O)c2ccc(F)cc2F)CC1.Cl. The van der Waals surface area contributed by atoms with Gasteiger partial charge in [0.1, 0.15) is 11.6 Å². The molecule has 1 heterocycles. The Balaban J connectivity index is 0.00000312. The maximum absolute atomic E-state index is 13.7. The van der Waals surface area contributed by atoms with Crippen LogP contribution in [0, 0.1) is 17.0 Å². The van der Waals surface area contributed by atoms with Gasteiger partial charge in [0, 0.05) is 32.2 Å². The Bertz CT molecular complexity index is 641. The molecule has 1 aromatic rings. The number of amides is 2. The Morgan fingerprint density at radius 3 is 2.08 bits per heavy atom. The highest BCUT2D eigenvalue weighted by Crippen LogP contribution is 2.20. The van der Waals surface area contributed by atoms with Crippen molar-refractivity contribution in [1.29, 1.82) is 0 Å². The van der Waals surface area contributed by atoms with E-state index in [0.717, 1.165) is 12.1 Å². The van der Waals surface area contributed by atoms with Crippen molar-refractivity contribution < 1.29 is 18.4 Å². The van der Waals surface area contributed by atoms with Gasteiger partial charge in [-0.1, -0.05) is 20.8 Å². The molecule has 2 amide bonds. The van der Waals surface area contributed by atoms with Crippen LogP contribution in [0.15, 0.2) is 18.2 Å². The molecular weight excluding hydrogens is 352 g/mol. The van der Waals surface area contributed by atoms with E-state index in [4.69, 9.17) is 5.73 Å². The molecule has 0 saturated carbocycles. The summed E-state index contributed by atoms with van der Waals surface area (Å²) in [5.74, 6) is -2.26. The van der Waals surface area contributed by atoms with Crippen LogP contribution in [0.2, 0.25) is 0 Å². The zero-order chi connectivity index (χ0) is 18.1. The number of piperazine rings is 1. The molecule has 0 unspecified atom stereocenters. The lowest BCUT2D eigenvalue weighted by molar-refractivity contribution is -0.136. The molecule has 1 fully saturated rings. The van der Waals surface area contributed by atoms with Crippen molar-refractivity contribution >= 4 is 24.2 Å². The molecule has 0 bridgehead atoms. The number of rotatable bonds is 2. The van der Waals surface area contributed by atoms with Gasteiger partial charge in [0.15, 0.2) is 0 Å². The first kappa shape index (κ1) is 21.3. The van der Waals surface area contributed by atoms with Gasteiger partial charge < -0.3 is 15.5 Å². The second kappa shape index (κ2) is 8.10. The second-order valence-electron chi connectivity index (χ2n) is 7.09. The highest BCUT2D eigenvalue weighted by molar-refractivity contribution is 5.94. The smallest absolute Gasteiger partial charge is 0.256 e. The predicted molar refractivity (Wildman–Crippen MR) is 93.5 cm³/mol. The third kappa shape index (κ3) is 4.89. The van der Waals surface area contributed by atoms with Crippen LogP contribution in [0.3, 0.4) is 0 Å². The summed E-state index contributed by atoms with van der Waals surface area (Å²) in [7, 11) is 0. The van der Waals surface area contributed by atoms with Crippen molar-refractivity contribution in [3.8, 4) is 0 Å². The van der Waals surface area contributed by atoms with Gasteiger partial charge in [-0.15, -0.1) is 12.4 Å². The lowest BCUT2D eigenvalue weighted by Crippen LogP contribution is -2.57. The molecule has 1 aromatic carbocycles. The molecule has 5 nitrogen and oxygen atoms in total. The third-order valence-corrected chi connectivity index (χ3v) is 4.24. The van der Waals surface area contributed by atoms with Gasteiger partial charge in [0.25, 0.3) is 5.91 Å². The summed E-state index contributed by atoms with van der Waals surface area (Å²) >= 11 is 0. The Hall–Kier alpha value is -1.73. The van der Waals surface area contributed by atoms with Crippen LogP contribution < -0.4 is 5.73 Å². The zero-order valence-electron chi connectivity index (χ0n) is 14.6. The molecule has 140 valence electrons. The molecule has 0 spiro atoms. The molecule has 1 aliphatic heterocycles. The van der Waals surface area contributed by atoms with Crippen molar-refractivity contribution in [3.63, 3.8) is 0 Å². The number of hydrogen-bond acceptors (Lipinski definition) is 3. The van der Waals surface area contributed by atoms with E-state index < -0.39 is 23.6 Å². The van der Waals surface area contributed by atoms with Crippen molar-refractivity contribution in [1.82, 2.24) is 9.80 Å². The lowest BCUT2D eigenvalue weighted by atomic mass is 9.86. The highest BCUT2D eigenvalue weighted by Gasteiger charge is 2.33. The molecule has 1 saturated heterocycles. The molecule has 25 heavy (non-hydrogen) atoms. The fourth-order valence-electron chi connectivity index (χ4n) is 2.53. The number of nitrogens with two attached hydrogens (primary N) is 1.